The van der Waals surface area contributed by atoms with E-state index in [0.717, 1.165) is 13.0 Å². The number of amides is 3. The molecule has 0 aromatic carbocycles. The Morgan fingerprint density at radius 2 is 2.21 bits per heavy atom. The van der Waals surface area contributed by atoms with Gasteiger partial charge in [-0.1, -0.05) is 0 Å². The lowest BCUT2D eigenvalue weighted by Gasteiger charge is -2.31. The second kappa shape index (κ2) is 4.82. The number of nitriles is 1. The van der Waals surface area contributed by atoms with Crippen LogP contribution in [0.3, 0.4) is 0 Å². The molecule has 0 radical (unpaired) electrons. The van der Waals surface area contributed by atoms with Crippen LogP contribution in [0.25, 0.3) is 0 Å². The summed E-state index contributed by atoms with van der Waals surface area (Å²) in [5.41, 5.74) is -1.28. The summed E-state index contributed by atoms with van der Waals surface area (Å²) in [5, 5.41) is 15.0. The molecule has 2 aliphatic rings. The zero-order chi connectivity index (χ0) is 14.1. The number of nitrogens with zero attached hydrogens (tertiary/aromatic N) is 2. The molecule has 0 bridgehead atoms. The molecule has 6 nitrogen and oxygen atoms in total. The summed E-state index contributed by atoms with van der Waals surface area (Å²) in [6.07, 6.45) is 2.05. The van der Waals surface area contributed by atoms with Gasteiger partial charge in [-0.2, -0.15) is 5.26 Å². The van der Waals surface area contributed by atoms with Gasteiger partial charge in [0.25, 0.3) is 5.91 Å². The third-order valence-electron chi connectivity index (χ3n) is 3.89. The number of hydrogen-bond donors (Lipinski definition) is 2. The topological polar surface area (TPSA) is 85.2 Å². The van der Waals surface area contributed by atoms with Crippen molar-refractivity contribution >= 4 is 11.9 Å². The quantitative estimate of drug-likeness (QED) is 0.731. The maximum absolute atomic E-state index is 12.4. The van der Waals surface area contributed by atoms with E-state index < -0.39 is 11.0 Å². The minimum Gasteiger partial charge on any atom is -0.322 e. The summed E-state index contributed by atoms with van der Waals surface area (Å²) in [6.45, 7) is 5.29. The Kier molecular flexibility index (Phi) is 3.50. The molecule has 1 unspecified atom stereocenters. The van der Waals surface area contributed by atoms with Gasteiger partial charge in [0.05, 0.1) is 11.5 Å². The van der Waals surface area contributed by atoms with E-state index in [1.54, 1.807) is 0 Å². The number of piperidine rings is 1. The average molecular weight is 264 g/mol. The molecule has 0 saturated carbocycles. The SMILES string of the molecule is CC(C)(C#N)CCN1C(=O)NC2(CCCNC2)C1=O. The first-order valence-electron chi connectivity index (χ1n) is 6.66. The van der Waals surface area contributed by atoms with Gasteiger partial charge < -0.3 is 10.6 Å². The molecule has 2 saturated heterocycles. The summed E-state index contributed by atoms with van der Waals surface area (Å²) in [5.74, 6) is -0.154. The average Bonchev–Trinajstić information content (AvgIpc) is 2.60. The van der Waals surface area contributed by atoms with E-state index in [-0.39, 0.29) is 11.9 Å². The van der Waals surface area contributed by atoms with Gasteiger partial charge in [0, 0.05) is 13.1 Å². The van der Waals surface area contributed by atoms with E-state index in [9.17, 15) is 9.59 Å². The zero-order valence-corrected chi connectivity index (χ0v) is 11.5. The van der Waals surface area contributed by atoms with Gasteiger partial charge in [0.1, 0.15) is 5.54 Å². The third kappa shape index (κ3) is 2.56. The van der Waals surface area contributed by atoms with Gasteiger partial charge in [-0.25, -0.2) is 4.79 Å². The van der Waals surface area contributed by atoms with Crippen LogP contribution in [0.15, 0.2) is 0 Å². The summed E-state index contributed by atoms with van der Waals surface area (Å²) >= 11 is 0. The Balaban J connectivity index is 2.05. The molecule has 0 aliphatic carbocycles. The molecule has 2 aliphatic heterocycles. The standard InChI is InChI=1S/C13H20N4O2/c1-12(2,8-14)5-7-17-10(18)13(16-11(17)19)4-3-6-15-9-13/h15H,3-7,9H2,1-2H3,(H,16,19). The number of carbonyl (C=O) groups excluding carboxylic acids is 2. The second-order valence-electron chi connectivity index (χ2n) is 6.00. The van der Waals surface area contributed by atoms with E-state index in [0.29, 0.717) is 25.9 Å². The fraction of sp³-hybridized carbons (Fsp3) is 0.769. The lowest BCUT2D eigenvalue weighted by Crippen LogP contribution is -2.57. The van der Waals surface area contributed by atoms with Crippen molar-refractivity contribution in [2.75, 3.05) is 19.6 Å². The number of rotatable bonds is 3. The van der Waals surface area contributed by atoms with Crippen molar-refractivity contribution < 1.29 is 9.59 Å². The molecule has 6 heteroatoms. The molecule has 0 aromatic heterocycles. The first kappa shape index (κ1) is 13.8. The van der Waals surface area contributed by atoms with Crippen LogP contribution in [-0.2, 0) is 4.79 Å². The van der Waals surface area contributed by atoms with Crippen LogP contribution in [0.2, 0.25) is 0 Å². The summed E-state index contributed by atoms with van der Waals surface area (Å²) < 4.78 is 0. The summed E-state index contributed by atoms with van der Waals surface area (Å²) in [7, 11) is 0. The first-order chi connectivity index (χ1) is 8.90. The highest BCUT2D eigenvalue weighted by molar-refractivity contribution is 6.07. The maximum Gasteiger partial charge on any atom is 0.325 e. The Bertz CT molecular complexity index is 432. The smallest absolute Gasteiger partial charge is 0.322 e. The lowest BCUT2D eigenvalue weighted by molar-refractivity contribution is -0.132. The normalized spacial score (nSPS) is 27.5. The molecule has 104 valence electrons. The number of nitrogens with one attached hydrogen (secondary N) is 2. The summed E-state index contributed by atoms with van der Waals surface area (Å²) in [6, 6.07) is 1.85. The molecule has 2 rings (SSSR count). The van der Waals surface area contributed by atoms with E-state index in [2.05, 4.69) is 16.7 Å². The van der Waals surface area contributed by atoms with Gasteiger partial charge in [-0.05, 0) is 39.7 Å². The third-order valence-corrected chi connectivity index (χ3v) is 3.89. The number of imide groups is 1. The first-order valence-corrected chi connectivity index (χ1v) is 6.66. The van der Waals surface area contributed by atoms with Crippen molar-refractivity contribution in [3.05, 3.63) is 0 Å². The summed E-state index contributed by atoms with van der Waals surface area (Å²) in [4.78, 5) is 25.6. The number of hydrogen-bond acceptors (Lipinski definition) is 4. The highest BCUT2D eigenvalue weighted by Crippen LogP contribution is 2.27. The van der Waals surface area contributed by atoms with Crippen molar-refractivity contribution in [3.8, 4) is 6.07 Å². The molecule has 0 aromatic rings. The molecule has 1 atom stereocenters. The number of carbonyl (C=O) groups is 2. The molecule has 19 heavy (non-hydrogen) atoms. The molecule has 1 spiro atoms. The predicted octanol–water partition coefficient (Wildman–Crippen LogP) is 0.600. The van der Waals surface area contributed by atoms with Gasteiger partial charge in [-0.3, -0.25) is 9.69 Å². The minimum atomic E-state index is -0.758. The minimum absolute atomic E-state index is 0.154. The van der Waals surface area contributed by atoms with Crippen molar-refractivity contribution in [3.63, 3.8) is 0 Å². The monoisotopic (exact) mass is 264 g/mol. The fourth-order valence-corrected chi connectivity index (χ4v) is 2.52. The van der Waals surface area contributed by atoms with Crippen LogP contribution >= 0.6 is 0 Å². The molecular weight excluding hydrogens is 244 g/mol. The maximum atomic E-state index is 12.4. The number of urea groups is 1. The van der Waals surface area contributed by atoms with Crippen molar-refractivity contribution in [2.24, 2.45) is 5.41 Å². The Morgan fingerprint density at radius 1 is 1.47 bits per heavy atom. The van der Waals surface area contributed by atoms with Crippen molar-refractivity contribution in [1.82, 2.24) is 15.5 Å². The largest absolute Gasteiger partial charge is 0.325 e. The van der Waals surface area contributed by atoms with Crippen molar-refractivity contribution in [1.29, 1.82) is 5.26 Å². The van der Waals surface area contributed by atoms with E-state index in [4.69, 9.17) is 5.26 Å². The van der Waals surface area contributed by atoms with Gasteiger partial charge >= 0.3 is 6.03 Å². The van der Waals surface area contributed by atoms with E-state index in [1.165, 1.54) is 4.90 Å². The molecular formula is C13H20N4O2. The van der Waals surface area contributed by atoms with Gasteiger partial charge in [0.15, 0.2) is 0 Å². The van der Waals surface area contributed by atoms with Crippen LogP contribution in [-0.4, -0.2) is 42.0 Å². The predicted molar refractivity (Wildman–Crippen MR) is 69.1 cm³/mol. The van der Waals surface area contributed by atoms with Gasteiger partial charge in [0.2, 0.25) is 0 Å². The second-order valence-corrected chi connectivity index (χ2v) is 6.00. The van der Waals surface area contributed by atoms with Crippen LogP contribution in [0.5, 0.6) is 0 Å². The van der Waals surface area contributed by atoms with Crippen molar-refractivity contribution in [2.45, 2.75) is 38.6 Å². The molecule has 2 heterocycles. The van der Waals surface area contributed by atoms with E-state index >= 15 is 0 Å². The van der Waals surface area contributed by atoms with E-state index in [1.807, 2.05) is 13.8 Å². The van der Waals surface area contributed by atoms with Crippen LogP contribution in [0, 0.1) is 16.7 Å². The Hall–Kier alpha value is -1.61. The molecule has 2 fully saturated rings. The molecule has 3 amide bonds. The Morgan fingerprint density at radius 3 is 2.79 bits per heavy atom. The van der Waals surface area contributed by atoms with Gasteiger partial charge in [-0.15, -0.1) is 0 Å². The Labute approximate surface area is 113 Å². The fourth-order valence-electron chi connectivity index (χ4n) is 2.52. The molecule has 2 N–H and O–H groups in total. The highest BCUT2D eigenvalue weighted by Gasteiger charge is 2.51. The zero-order valence-electron chi connectivity index (χ0n) is 11.5. The van der Waals surface area contributed by atoms with Crippen LogP contribution < -0.4 is 10.6 Å². The van der Waals surface area contributed by atoms with Crippen LogP contribution in [0.1, 0.15) is 33.1 Å². The highest BCUT2D eigenvalue weighted by atomic mass is 16.2. The van der Waals surface area contributed by atoms with Crippen LogP contribution in [0.4, 0.5) is 4.79 Å². The lowest BCUT2D eigenvalue weighted by atomic mass is 9.89.